The highest BCUT2D eigenvalue weighted by Crippen LogP contribution is 2.32. The lowest BCUT2D eigenvalue weighted by molar-refractivity contribution is -0.112. The largest absolute Gasteiger partial charge is 0.306 e. The molecule has 27 heavy (non-hydrogen) atoms. The van der Waals surface area contributed by atoms with Crippen molar-refractivity contribution < 1.29 is 4.79 Å². The Hall–Kier alpha value is -3.40. The summed E-state index contributed by atoms with van der Waals surface area (Å²) >= 11 is 0. The molecule has 0 aromatic heterocycles. The van der Waals surface area contributed by atoms with E-state index in [-0.39, 0.29) is 5.91 Å². The molecule has 0 fully saturated rings. The van der Waals surface area contributed by atoms with Crippen molar-refractivity contribution in [2.24, 2.45) is 5.10 Å². The van der Waals surface area contributed by atoms with Gasteiger partial charge >= 0.3 is 0 Å². The quantitative estimate of drug-likeness (QED) is 0.605. The van der Waals surface area contributed by atoms with Crippen molar-refractivity contribution in [3.05, 3.63) is 90.5 Å². The second-order valence-electron chi connectivity index (χ2n) is 6.41. The van der Waals surface area contributed by atoms with Gasteiger partial charge in [0, 0.05) is 12.1 Å². The van der Waals surface area contributed by atoms with Crippen molar-refractivity contribution in [1.82, 2.24) is 0 Å². The summed E-state index contributed by atoms with van der Waals surface area (Å²) in [5.74, 6) is -0.0464. The van der Waals surface area contributed by atoms with Gasteiger partial charge in [-0.15, -0.1) is 0 Å². The van der Waals surface area contributed by atoms with Crippen LogP contribution in [-0.4, -0.2) is 18.2 Å². The van der Waals surface area contributed by atoms with Crippen LogP contribution in [0.15, 0.2) is 90.0 Å². The number of carbonyl (C=O) groups excluding carboxylic acids is 1. The first kappa shape index (κ1) is 17.0. The van der Waals surface area contributed by atoms with E-state index < -0.39 is 0 Å². The SMILES string of the molecule is CCCN1C(=O)C(=NN(c2ccccc2)c2ccccc2)c2ccccc21. The molecule has 4 heteroatoms. The maximum atomic E-state index is 13.1. The lowest BCUT2D eigenvalue weighted by atomic mass is 10.1. The predicted molar refractivity (Wildman–Crippen MR) is 111 cm³/mol. The molecule has 0 atom stereocenters. The van der Waals surface area contributed by atoms with Gasteiger partial charge in [-0.1, -0.05) is 61.5 Å². The van der Waals surface area contributed by atoms with Crippen molar-refractivity contribution in [2.45, 2.75) is 13.3 Å². The van der Waals surface area contributed by atoms with Gasteiger partial charge in [0.1, 0.15) is 0 Å². The Balaban J connectivity index is 1.85. The molecule has 0 aliphatic carbocycles. The molecule has 0 N–H and O–H groups in total. The van der Waals surface area contributed by atoms with Crippen molar-refractivity contribution in [3.8, 4) is 0 Å². The number of hydrogen-bond acceptors (Lipinski definition) is 3. The smallest absolute Gasteiger partial charge is 0.279 e. The number of anilines is 3. The molecule has 3 aromatic rings. The van der Waals surface area contributed by atoms with Gasteiger partial charge in [0.05, 0.1) is 17.1 Å². The highest BCUT2D eigenvalue weighted by molar-refractivity contribution is 6.54. The van der Waals surface area contributed by atoms with Gasteiger partial charge < -0.3 is 4.90 Å². The number of hydrogen-bond donors (Lipinski definition) is 0. The van der Waals surface area contributed by atoms with Crippen LogP contribution < -0.4 is 9.91 Å². The van der Waals surface area contributed by atoms with Gasteiger partial charge in [-0.25, -0.2) is 5.01 Å². The minimum Gasteiger partial charge on any atom is -0.306 e. The Labute approximate surface area is 159 Å². The Bertz CT molecular complexity index is 928. The van der Waals surface area contributed by atoms with E-state index in [1.54, 1.807) is 0 Å². The van der Waals surface area contributed by atoms with Crippen LogP contribution in [0.3, 0.4) is 0 Å². The standard InChI is InChI=1S/C23H21N3O/c1-2-17-25-21-16-10-9-15-20(21)22(23(25)27)24-26(18-11-5-3-6-12-18)19-13-7-4-8-14-19/h3-16H,2,17H2,1H3. The van der Waals surface area contributed by atoms with Crippen LogP contribution in [0, 0.1) is 0 Å². The Morgan fingerprint density at radius 3 is 1.96 bits per heavy atom. The summed E-state index contributed by atoms with van der Waals surface area (Å²) in [6.07, 6.45) is 0.897. The predicted octanol–water partition coefficient (Wildman–Crippen LogP) is 4.99. The zero-order chi connectivity index (χ0) is 18.6. The third kappa shape index (κ3) is 3.22. The van der Waals surface area contributed by atoms with Crippen LogP contribution in [0.25, 0.3) is 0 Å². The maximum absolute atomic E-state index is 13.1. The molecule has 0 unspecified atom stereocenters. The molecule has 0 saturated carbocycles. The summed E-state index contributed by atoms with van der Waals surface area (Å²) in [7, 11) is 0. The van der Waals surface area contributed by atoms with E-state index >= 15 is 0 Å². The summed E-state index contributed by atoms with van der Waals surface area (Å²) in [6.45, 7) is 2.76. The lowest BCUT2D eigenvalue weighted by Gasteiger charge is -2.20. The molecule has 134 valence electrons. The minimum absolute atomic E-state index is 0.0464. The van der Waals surface area contributed by atoms with Crippen LogP contribution in [0.1, 0.15) is 18.9 Å². The second kappa shape index (κ2) is 7.46. The van der Waals surface area contributed by atoms with Crippen molar-refractivity contribution >= 4 is 28.7 Å². The summed E-state index contributed by atoms with van der Waals surface area (Å²) in [4.78, 5) is 14.9. The van der Waals surface area contributed by atoms with E-state index in [1.165, 1.54) is 0 Å². The monoisotopic (exact) mass is 355 g/mol. The molecule has 1 heterocycles. The molecule has 4 nitrogen and oxygen atoms in total. The van der Waals surface area contributed by atoms with E-state index in [9.17, 15) is 4.79 Å². The number of carbonyl (C=O) groups is 1. The van der Waals surface area contributed by atoms with Gasteiger partial charge in [0.25, 0.3) is 5.91 Å². The third-order valence-electron chi connectivity index (χ3n) is 4.55. The van der Waals surface area contributed by atoms with Gasteiger partial charge in [-0.2, -0.15) is 5.10 Å². The second-order valence-corrected chi connectivity index (χ2v) is 6.41. The number of rotatable bonds is 5. The Kier molecular flexibility index (Phi) is 4.71. The average molecular weight is 355 g/mol. The number of para-hydroxylation sites is 3. The van der Waals surface area contributed by atoms with Crippen molar-refractivity contribution in [3.63, 3.8) is 0 Å². The Morgan fingerprint density at radius 1 is 0.815 bits per heavy atom. The van der Waals surface area contributed by atoms with Crippen LogP contribution in [0.4, 0.5) is 17.1 Å². The number of amides is 1. The molecule has 1 amide bonds. The molecule has 1 aliphatic rings. The summed E-state index contributed by atoms with van der Waals surface area (Å²) in [5.41, 5.74) is 4.12. The summed E-state index contributed by atoms with van der Waals surface area (Å²) in [5, 5.41) is 6.66. The first-order chi connectivity index (χ1) is 13.3. The Morgan fingerprint density at radius 2 is 1.37 bits per heavy atom. The fraction of sp³-hybridized carbons (Fsp3) is 0.130. The van der Waals surface area contributed by atoms with Gasteiger partial charge in [0.15, 0.2) is 5.71 Å². The first-order valence-electron chi connectivity index (χ1n) is 9.19. The van der Waals surface area contributed by atoms with Crippen LogP contribution in [0.5, 0.6) is 0 Å². The lowest BCUT2D eigenvalue weighted by Crippen LogP contribution is -2.31. The highest BCUT2D eigenvalue weighted by Gasteiger charge is 2.34. The molecule has 4 rings (SSSR count). The van der Waals surface area contributed by atoms with Gasteiger partial charge in [-0.05, 0) is 36.8 Å². The fourth-order valence-corrected chi connectivity index (χ4v) is 3.31. The normalized spacial score (nSPS) is 14.5. The molecule has 0 radical (unpaired) electrons. The number of nitrogens with zero attached hydrogens (tertiary/aromatic N) is 3. The maximum Gasteiger partial charge on any atom is 0.279 e. The topological polar surface area (TPSA) is 35.9 Å². The van der Waals surface area contributed by atoms with Crippen LogP contribution in [-0.2, 0) is 4.79 Å². The van der Waals surface area contributed by atoms with Crippen molar-refractivity contribution in [1.29, 1.82) is 0 Å². The summed E-state index contributed by atoms with van der Waals surface area (Å²) < 4.78 is 0. The molecular weight excluding hydrogens is 334 g/mol. The average Bonchev–Trinajstić information content (AvgIpc) is 2.99. The zero-order valence-electron chi connectivity index (χ0n) is 15.2. The van der Waals surface area contributed by atoms with Crippen LogP contribution in [0.2, 0.25) is 0 Å². The molecular formula is C23H21N3O. The first-order valence-corrected chi connectivity index (χ1v) is 9.19. The number of hydrazone groups is 1. The zero-order valence-corrected chi connectivity index (χ0v) is 15.2. The molecule has 3 aromatic carbocycles. The molecule has 0 spiro atoms. The molecule has 0 bridgehead atoms. The van der Waals surface area contributed by atoms with Gasteiger partial charge in [0.2, 0.25) is 0 Å². The van der Waals surface area contributed by atoms with E-state index in [0.29, 0.717) is 12.3 Å². The van der Waals surface area contributed by atoms with E-state index in [4.69, 9.17) is 5.10 Å². The fourth-order valence-electron chi connectivity index (χ4n) is 3.31. The molecule has 0 saturated heterocycles. The van der Waals surface area contributed by atoms with E-state index in [0.717, 1.165) is 29.0 Å². The minimum atomic E-state index is -0.0464. The van der Waals surface area contributed by atoms with E-state index in [2.05, 4.69) is 6.92 Å². The number of fused-ring (bicyclic) bond motifs is 1. The number of benzene rings is 3. The van der Waals surface area contributed by atoms with Crippen LogP contribution >= 0.6 is 0 Å². The molecule has 1 aliphatic heterocycles. The third-order valence-corrected chi connectivity index (χ3v) is 4.55. The summed E-state index contributed by atoms with van der Waals surface area (Å²) in [6, 6.07) is 27.7. The highest BCUT2D eigenvalue weighted by atomic mass is 16.2. The van der Waals surface area contributed by atoms with Gasteiger partial charge in [-0.3, -0.25) is 4.79 Å². The van der Waals surface area contributed by atoms with Crippen molar-refractivity contribution in [2.75, 3.05) is 16.5 Å². The van der Waals surface area contributed by atoms with E-state index in [1.807, 2.05) is 94.8 Å².